The Labute approximate surface area is 387 Å². The molecule has 7 rings (SSSR count). The van der Waals surface area contributed by atoms with Gasteiger partial charge in [0.25, 0.3) is 10.1 Å². The van der Waals surface area contributed by atoms with Crippen LogP contribution in [0.15, 0.2) is 146 Å². The second-order valence-corrected chi connectivity index (χ2v) is 16.9. The van der Waals surface area contributed by atoms with E-state index in [0.717, 1.165) is 59.4 Å². The minimum atomic E-state index is -4.64. The molecular formula is C45H47N11O7S3. The van der Waals surface area contributed by atoms with Crippen LogP contribution in [0.3, 0.4) is 0 Å². The second-order valence-electron chi connectivity index (χ2n) is 14.0. The lowest BCUT2D eigenvalue weighted by Crippen LogP contribution is -2.21. The Hall–Kier alpha value is -6.91. The molecule has 0 saturated carbocycles. The summed E-state index contributed by atoms with van der Waals surface area (Å²) < 4.78 is 60.5. The first-order valence-electron chi connectivity index (χ1n) is 20.7. The lowest BCUT2D eigenvalue weighted by Gasteiger charge is -2.22. The molecule has 21 heteroatoms. The summed E-state index contributed by atoms with van der Waals surface area (Å²) in [5.41, 5.74) is 4.56. The summed E-state index contributed by atoms with van der Waals surface area (Å²) in [5.74, 6) is 0.708. The Kier molecular flexibility index (Phi) is 16.8. The van der Waals surface area contributed by atoms with Gasteiger partial charge in [-0.15, -0.1) is 33.1 Å². The van der Waals surface area contributed by atoms with Crippen molar-refractivity contribution in [2.24, 2.45) is 20.5 Å². The summed E-state index contributed by atoms with van der Waals surface area (Å²) in [6, 6.07) is 35.5. The highest BCUT2D eigenvalue weighted by molar-refractivity contribution is 7.99. The SMILES string of the molecule is CCN(CC)c1ccc(N=Nc2cccc3ccccc23)c(Nc2nc(Nc3cc(N(CC)CC)ccc3N=Nc3c(S(=O)(=O)O)ccc4ccccc34)nc(SCCO)n2)c1.O=S(=O)=O. The Morgan fingerprint density at radius 3 is 1.62 bits per heavy atom. The van der Waals surface area contributed by atoms with Crippen molar-refractivity contribution in [2.75, 3.05) is 59.0 Å². The number of anilines is 6. The number of hydrogen-bond acceptors (Lipinski definition) is 18. The van der Waals surface area contributed by atoms with Crippen molar-refractivity contribution < 1.29 is 30.7 Å². The van der Waals surface area contributed by atoms with Crippen molar-refractivity contribution in [3.63, 3.8) is 0 Å². The monoisotopic (exact) mass is 949 g/mol. The zero-order valence-electron chi connectivity index (χ0n) is 36.4. The van der Waals surface area contributed by atoms with Gasteiger partial charge in [0.15, 0.2) is 5.16 Å². The van der Waals surface area contributed by atoms with Gasteiger partial charge in [-0.3, -0.25) is 4.55 Å². The Bertz CT molecular complexity index is 3100. The van der Waals surface area contributed by atoms with E-state index >= 15 is 0 Å². The molecule has 0 radical (unpaired) electrons. The quantitative estimate of drug-likeness (QED) is 0.0355. The van der Waals surface area contributed by atoms with Crippen molar-refractivity contribution in [2.45, 2.75) is 37.7 Å². The number of aromatic nitrogens is 3. The number of nitrogens with one attached hydrogen (secondary N) is 2. The van der Waals surface area contributed by atoms with E-state index in [2.05, 4.69) is 63.5 Å². The van der Waals surface area contributed by atoms with Crippen LogP contribution in [0.5, 0.6) is 0 Å². The number of hydrogen-bond donors (Lipinski definition) is 4. The van der Waals surface area contributed by atoms with Crippen molar-refractivity contribution >= 4 is 111 Å². The molecular weight excluding hydrogens is 903 g/mol. The normalized spacial score (nSPS) is 11.5. The van der Waals surface area contributed by atoms with Crippen LogP contribution in [-0.4, -0.2) is 84.2 Å². The van der Waals surface area contributed by atoms with Gasteiger partial charge in [-0.05, 0) is 87.0 Å². The van der Waals surface area contributed by atoms with E-state index in [0.29, 0.717) is 39.0 Å². The van der Waals surface area contributed by atoms with Gasteiger partial charge in [0.1, 0.15) is 22.0 Å². The van der Waals surface area contributed by atoms with Gasteiger partial charge in [-0.1, -0.05) is 78.5 Å². The van der Waals surface area contributed by atoms with Gasteiger partial charge >= 0.3 is 10.6 Å². The third-order valence-electron chi connectivity index (χ3n) is 10.1. The van der Waals surface area contributed by atoms with Crippen LogP contribution < -0.4 is 20.4 Å². The molecule has 1 heterocycles. The molecule has 0 unspecified atom stereocenters. The smallest absolute Gasteiger partial charge is 0.396 e. The van der Waals surface area contributed by atoms with Crippen LogP contribution in [-0.2, 0) is 20.7 Å². The van der Waals surface area contributed by atoms with Crippen molar-refractivity contribution in [1.82, 2.24) is 15.0 Å². The van der Waals surface area contributed by atoms with E-state index in [9.17, 15) is 18.1 Å². The van der Waals surface area contributed by atoms with Gasteiger partial charge in [-0.25, -0.2) is 0 Å². The molecule has 7 aromatic rings. The van der Waals surface area contributed by atoms with E-state index in [-0.39, 0.29) is 29.1 Å². The van der Waals surface area contributed by atoms with E-state index in [1.54, 1.807) is 24.3 Å². The molecule has 18 nitrogen and oxygen atoms in total. The predicted molar refractivity (Wildman–Crippen MR) is 260 cm³/mol. The summed E-state index contributed by atoms with van der Waals surface area (Å²) in [7, 11) is -7.75. The third kappa shape index (κ3) is 12.5. The van der Waals surface area contributed by atoms with Gasteiger partial charge in [0.2, 0.25) is 11.9 Å². The van der Waals surface area contributed by atoms with Crippen molar-refractivity contribution in [3.05, 3.63) is 115 Å². The first-order chi connectivity index (χ1) is 31.8. The molecule has 0 saturated heterocycles. The molecule has 342 valence electrons. The molecule has 0 aliphatic rings. The van der Waals surface area contributed by atoms with E-state index in [1.165, 1.54) is 17.8 Å². The maximum atomic E-state index is 12.5. The van der Waals surface area contributed by atoms with E-state index in [4.69, 9.17) is 32.7 Å². The predicted octanol–water partition coefficient (Wildman–Crippen LogP) is 10.5. The highest BCUT2D eigenvalue weighted by atomic mass is 32.2. The number of thioether (sulfide) groups is 1. The molecule has 0 amide bonds. The van der Waals surface area contributed by atoms with Crippen LogP contribution in [0.25, 0.3) is 21.5 Å². The molecule has 66 heavy (non-hydrogen) atoms. The Morgan fingerprint density at radius 1 is 0.606 bits per heavy atom. The summed E-state index contributed by atoms with van der Waals surface area (Å²) in [6.45, 7) is 11.3. The lowest BCUT2D eigenvalue weighted by molar-refractivity contribution is 0.322. The number of aliphatic hydroxyl groups excluding tert-OH is 1. The van der Waals surface area contributed by atoms with Crippen LogP contribution in [0, 0.1) is 0 Å². The number of azo groups is 2. The standard InChI is InChI=1S/C45H47N11O4S2.O3S/c1-5-55(6-2)32-21-23-37(52-51-36-19-13-16-30-14-9-11-17-34(30)36)39(28-32)46-43-48-44(50-45(49-43)61-27-26-57)47-40-29-33(56(7-3)8-4)22-24-38(40)53-54-42-35-18-12-10-15-31(35)20-25-41(42)62(58,59)60;1-4(2)3/h9-25,28-29,57H,5-8,26-27H2,1-4H3,(H,58,59,60)(H2,46,47,48,49,50);. The molecule has 6 aromatic carbocycles. The van der Waals surface area contributed by atoms with Crippen molar-refractivity contribution in [1.29, 1.82) is 0 Å². The first kappa shape index (κ1) is 48.5. The number of rotatable bonds is 18. The van der Waals surface area contributed by atoms with Crippen molar-refractivity contribution in [3.8, 4) is 0 Å². The maximum absolute atomic E-state index is 12.5. The summed E-state index contributed by atoms with van der Waals surface area (Å²) in [4.78, 5) is 18.2. The largest absolute Gasteiger partial charge is 0.425 e. The maximum Gasteiger partial charge on any atom is 0.425 e. The summed E-state index contributed by atoms with van der Waals surface area (Å²) in [6.07, 6.45) is 0. The van der Waals surface area contributed by atoms with Gasteiger partial charge in [0, 0.05) is 54.1 Å². The second kappa shape index (κ2) is 22.8. The average Bonchev–Trinajstić information content (AvgIpc) is 3.30. The van der Waals surface area contributed by atoms with Crippen LogP contribution in [0.1, 0.15) is 27.7 Å². The first-order valence-corrected chi connectivity index (χ1v) is 24.2. The van der Waals surface area contributed by atoms with Crippen LogP contribution in [0.2, 0.25) is 0 Å². The molecule has 0 atom stereocenters. The fraction of sp³-hybridized carbons (Fsp3) is 0.222. The van der Waals surface area contributed by atoms with Gasteiger partial charge < -0.3 is 25.5 Å². The van der Waals surface area contributed by atoms with Crippen LogP contribution in [0.4, 0.5) is 57.4 Å². The number of fused-ring (bicyclic) bond motifs is 2. The molecule has 1 aromatic heterocycles. The third-order valence-corrected chi connectivity index (χ3v) is 11.8. The molecule has 0 aliphatic carbocycles. The van der Waals surface area contributed by atoms with Crippen LogP contribution >= 0.6 is 11.8 Å². The van der Waals surface area contributed by atoms with E-state index < -0.39 is 20.7 Å². The Morgan fingerprint density at radius 2 is 1.09 bits per heavy atom. The topological polar surface area (TPSA) is 244 Å². The molecule has 0 bridgehead atoms. The Balaban J connectivity index is 0.00000173. The van der Waals surface area contributed by atoms with Gasteiger partial charge in [0.05, 0.1) is 23.7 Å². The zero-order chi connectivity index (χ0) is 47.2. The minimum Gasteiger partial charge on any atom is -0.396 e. The highest BCUT2D eigenvalue weighted by Gasteiger charge is 2.20. The van der Waals surface area contributed by atoms with Gasteiger partial charge in [-0.2, -0.15) is 23.4 Å². The molecule has 4 N–H and O–H groups in total. The number of benzene rings is 6. The average molecular weight is 950 g/mol. The highest BCUT2D eigenvalue weighted by Crippen LogP contribution is 2.39. The lowest BCUT2D eigenvalue weighted by atomic mass is 10.1. The zero-order valence-corrected chi connectivity index (χ0v) is 38.8. The minimum absolute atomic E-state index is 0.000877. The number of nitrogens with zero attached hydrogens (tertiary/aromatic N) is 9. The molecule has 0 spiro atoms. The fourth-order valence-corrected chi connectivity index (χ4v) is 8.17. The fourth-order valence-electron chi connectivity index (χ4n) is 6.96. The summed E-state index contributed by atoms with van der Waals surface area (Å²) in [5, 5.41) is 38.4. The molecule has 0 aliphatic heterocycles. The summed E-state index contributed by atoms with van der Waals surface area (Å²) >= 11 is 1.26. The number of aliphatic hydroxyl groups is 1. The molecule has 0 fully saturated rings. The van der Waals surface area contributed by atoms with E-state index in [1.807, 2.05) is 84.9 Å².